The summed E-state index contributed by atoms with van der Waals surface area (Å²) in [4.78, 5) is 30.7. The molecule has 4 aromatic rings. The van der Waals surface area contributed by atoms with Crippen LogP contribution >= 0.6 is 0 Å². The van der Waals surface area contributed by atoms with Crippen LogP contribution in [0, 0.1) is 6.92 Å². The van der Waals surface area contributed by atoms with Gasteiger partial charge in [-0.15, -0.1) is 0 Å². The van der Waals surface area contributed by atoms with Gasteiger partial charge >= 0.3 is 0 Å². The largest absolute Gasteiger partial charge is 0.495 e. The van der Waals surface area contributed by atoms with Crippen LogP contribution in [0.25, 0.3) is 22.3 Å². The van der Waals surface area contributed by atoms with Crippen molar-refractivity contribution in [2.45, 2.75) is 19.6 Å². The van der Waals surface area contributed by atoms with Gasteiger partial charge in [0.15, 0.2) is 11.0 Å². The first-order valence-corrected chi connectivity index (χ1v) is 15.9. The van der Waals surface area contributed by atoms with Crippen LogP contribution in [0.2, 0.25) is 0 Å². The van der Waals surface area contributed by atoms with Crippen LogP contribution in [-0.4, -0.2) is 71.5 Å². The minimum Gasteiger partial charge on any atom is -0.495 e. The zero-order chi connectivity index (χ0) is 30.6. The van der Waals surface area contributed by atoms with E-state index in [1.165, 1.54) is 0 Å². The number of amides is 1. The second-order valence-corrected chi connectivity index (χ2v) is 12.0. The lowest BCUT2D eigenvalue weighted by molar-refractivity contribution is 0.0212. The molecule has 1 fully saturated rings. The van der Waals surface area contributed by atoms with Gasteiger partial charge in [-0.05, 0) is 31.2 Å². The Morgan fingerprint density at radius 1 is 0.977 bits per heavy atom. The predicted molar refractivity (Wildman–Crippen MR) is 166 cm³/mol. The maximum Gasteiger partial charge on any atom is 0.265 e. The average molecular weight is 606 g/mol. The molecule has 0 radical (unpaired) electrons. The third-order valence-corrected chi connectivity index (χ3v) is 8.11. The minimum absolute atomic E-state index is 0.143. The van der Waals surface area contributed by atoms with Gasteiger partial charge in [0.25, 0.3) is 16.0 Å². The highest BCUT2D eigenvalue weighted by Crippen LogP contribution is 2.29. The minimum atomic E-state index is -3.76. The van der Waals surface area contributed by atoms with E-state index >= 15 is 0 Å². The summed E-state index contributed by atoms with van der Waals surface area (Å²) in [5.41, 5.74) is 2.39. The Kier molecular flexibility index (Phi) is 9.14. The molecule has 5 rings (SSSR count). The van der Waals surface area contributed by atoms with Crippen LogP contribution in [0.5, 0.6) is 5.75 Å². The van der Waals surface area contributed by atoms with Gasteiger partial charge in [-0.3, -0.25) is 18.7 Å². The molecule has 0 saturated carbocycles. The maximum absolute atomic E-state index is 13.3. The summed E-state index contributed by atoms with van der Waals surface area (Å²) < 4.78 is 41.4. The molecule has 1 unspecified atom stereocenters. The second-order valence-electron chi connectivity index (χ2n) is 10.4. The number of hydrogen-bond donors (Lipinski definition) is 1. The van der Waals surface area contributed by atoms with Crippen LogP contribution in [-0.2, 0) is 14.3 Å². The molecule has 2 heterocycles. The van der Waals surface area contributed by atoms with Crippen LogP contribution in [0.4, 0.5) is 5.69 Å². The molecule has 0 spiro atoms. The van der Waals surface area contributed by atoms with Gasteiger partial charge < -0.3 is 19.4 Å². The van der Waals surface area contributed by atoms with Crippen LogP contribution in [0.1, 0.15) is 22.3 Å². The molecule has 11 heteroatoms. The predicted octanol–water partition coefficient (Wildman–Crippen LogP) is 4.02. The molecule has 1 aromatic heterocycles. The van der Waals surface area contributed by atoms with Gasteiger partial charge in [0.1, 0.15) is 17.7 Å². The Labute approximate surface area is 250 Å². The van der Waals surface area contributed by atoms with Crippen LogP contribution in [0.3, 0.4) is 0 Å². The molecule has 0 bridgehead atoms. The van der Waals surface area contributed by atoms with E-state index in [9.17, 15) is 18.0 Å². The number of rotatable bonds is 10. The summed E-state index contributed by atoms with van der Waals surface area (Å²) >= 11 is 0. The average Bonchev–Trinajstić information content (AvgIpc) is 3.02. The van der Waals surface area contributed by atoms with Crippen LogP contribution in [0.15, 0.2) is 82.0 Å². The Hall–Kier alpha value is -4.19. The number of fused-ring (bicyclic) bond motifs is 1. The zero-order valence-corrected chi connectivity index (χ0v) is 25.2. The van der Waals surface area contributed by atoms with Crippen molar-refractivity contribution in [3.63, 3.8) is 0 Å². The Balaban J connectivity index is 1.30. The van der Waals surface area contributed by atoms with Crippen molar-refractivity contribution in [2.75, 3.05) is 51.0 Å². The molecule has 1 atom stereocenters. The van der Waals surface area contributed by atoms with E-state index in [0.29, 0.717) is 42.9 Å². The molecule has 1 amide bonds. The lowest BCUT2D eigenvalue weighted by Gasteiger charge is -2.39. The number of anilines is 1. The number of piperazine rings is 1. The number of ether oxygens (including phenoxy) is 1. The van der Waals surface area contributed by atoms with E-state index in [2.05, 4.69) is 10.2 Å². The van der Waals surface area contributed by atoms with Crippen LogP contribution < -0.4 is 20.4 Å². The maximum atomic E-state index is 13.3. The number of nitrogens with zero attached hydrogens (tertiary/aromatic N) is 2. The zero-order valence-electron chi connectivity index (χ0n) is 24.4. The third kappa shape index (κ3) is 6.90. The molecule has 0 aliphatic carbocycles. The van der Waals surface area contributed by atoms with Crippen molar-refractivity contribution in [3.05, 3.63) is 94.1 Å². The molecular formula is C32H35N3O7S. The fraction of sp³-hybridized carbons (Fsp3) is 0.312. The molecule has 3 aromatic carbocycles. The monoisotopic (exact) mass is 605 g/mol. The number of benzene rings is 3. The molecule has 226 valence electrons. The fourth-order valence-corrected chi connectivity index (χ4v) is 6.01. The third-order valence-electron chi connectivity index (χ3n) is 7.54. The van der Waals surface area contributed by atoms with Crippen molar-refractivity contribution in [1.29, 1.82) is 0 Å². The summed E-state index contributed by atoms with van der Waals surface area (Å²) in [6.07, 6.45) is 0.498. The van der Waals surface area contributed by atoms with E-state index in [0.717, 1.165) is 23.3 Å². The van der Waals surface area contributed by atoms with E-state index in [4.69, 9.17) is 13.3 Å². The Morgan fingerprint density at radius 3 is 2.37 bits per heavy atom. The van der Waals surface area contributed by atoms with Gasteiger partial charge in [-0.1, -0.05) is 48.5 Å². The van der Waals surface area contributed by atoms with E-state index in [1.807, 2.05) is 59.5 Å². The first-order chi connectivity index (χ1) is 20.7. The molecule has 1 saturated heterocycles. The summed E-state index contributed by atoms with van der Waals surface area (Å²) in [6.45, 7) is 4.26. The van der Waals surface area contributed by atoms with Gasteiger partial charge in [0, 0.05) is 50.3 Å². The molecule has 1 aliphatic heterocycles. The van der Waals surface area contributed by atoms with E-state index in [-0.39, 0.29) is 29.5 Å². The van der Waals surface area contributed by atoms with Crippen molar-refractivity contribution in [2.24, 2.45) is 0 Å². The summed E-state index contributed by atoms with van der Waals surface area (Å²) in [5, 5.41) is 3.18. The lowest BCUT2D eigenvalue weighted by Crippen LogP contribution is -2.52. The number of nitrogens with one attached hydrogen (secondary N) is 1. The SMILES string of the molecule is COc1ccccc1N1CCN(C(CCNC(=O)c2cccc3c(=O)c(C)c(-c4ccccc4)oc23)OS(C)(=O)=O)CC1. The quantitative estimate of drug-likeness (QED) is 0.268. The van der Waals surface area contributed by atoms with Gasteiger partial charge in [0.2, 0.25) is 0 Å². The first-order valence-electron chi connectivity index (χ1n) is 14.1. The Morgan fingerprint density at radius 2 is 1.67 bits per heavy atom. The van der Waals surface area contributed by atoms with Gasteiger partial charge in [-0.2, -0.15) is 8.42 Å². The highest BCUT2D eigenvalue weighted by Gasteiger charge is 2.28. The van der Waals surface area contributed by atoms with Crippen molar-refractivity contribution < 1.29 is 26.5 Å². The molecule has 1 N–H and O–H groups in total. The smallest absolute Gasteiger partial charge is 0.265 e. The molecule has 10 nitrogen and oxygen atoms in total. The second kappa shape index (κ2) is 13.0. The van der Waals surface area contributed by atoms with E-state index in [1.54, 1.807) is 32.2 Å². The highest BCUT2D eigenvalue weighted by molar-refractivity contribution is 7.86. The Bertz CT molecular complexity index is 1770. The highest BCUT2D eigenvalue weighted by atomic mass is 32.2. The summed E-state index contributed by atoms with van der Waals surface area (Å²) in [6, 6.07) is 21.9. The number of hydrogen-bond acceptors (Lipinski definition) is 9. The van der Waals surface area contributed by atoms with Gasteiger partial charge in [0.05, 0.1) is 30.0 Å². The molecule has 1 aliphatic rings. The first kappa shape index (κ1) is 30.3. The van der Waals surface area contributed by atoms with Gasteiger partial charge in [-0.25, -0.2) is 0 Å². The summed E-state index contributed by atoms with van der Waals surface area (Å²) in [5.74, 6) is 0.751. The lowest BCUT2D eigenvalue weighted by atomic mass is 10.0. The van der Waals surface area contributed by atoms with E-state index < -0.39 is 22.3 Å². The summed E-state index contributed by atoms with van der Waals surface area (Å²) in [7, 11) is -2.12. The normalized spacial score (nSPS) is 14.9. The van der Waals surface area contributed by atoms with Crippen molar-refractivity contribution in [1.82, 2.24) is 10.2 Å². The van der Waals surface area contributed by atoms with Crippen molar-refractivity contribution in [3.8, 4) is 17.1 Å². The molecular weight excluding hydrogens is 570 g/mol. The standard InChI is InChI=1S/C32H35N3O7S/c1-22-29(36)24-12-9-13-25(31(24)41-30(22)23-10-5-4-6-11-23)32(37)33-17-16-28(42-43(3,38)39)35-20-18-34(19-21-35)26-14-7-8-15-27(26)40-2/h4-15,28H,16-21H2,1-3H3,(H,33,37). The number of methoxy groups -OCH3 is 1. The number of carbonyl (C=O) groups excluding carboxylic acids is 1. The number of carbonyl (C=O) groups is 1. The fourth-order valence-electron chi connectivity index (χ4n) is 5.39. The van der Waals surface area contributed by atoms with Crippen molar-refractivity contribution >= 4 is 32.7 Å². The molecule has 43 heavy (non-hydrogen) atoms. The topological polar surface area (TPSA) is 118 Å². The number of para-hydroxylation sites is 3.